The van der Waals surface area contributed by atoms with Crippen LogP contribution in [0.2, 0.25) is 0 Å². The molecule has 0 aliphatic carbocycles. The van der Waals surface area contributed by atoms with Gasteiger partial charge in [0.2, 0.25) is 0 Å². The largest absolute Gasteiger partial charge is 0.465 e. The number of rotatable bonds is 9. The van der Waals surface area contributed by atoms with Gasteiger partial charge in [-0.1, -0.05) is 31.9 Å². The van der Waals surface area contributed by atoms with Crippen LogP contribution in [0.15, 0.2) is 24.3 Å². The molecule has 1 aromatic carbocycles. The Morgan fingerprint density at radius 1 is 1.20 bits per heavy atom. The van der Waals surface area contributed by atoms with E-state index in [0.29, 0.717) is 6.42 Å². The average molecular weight is 419 g/mol. The minimum Gasteiger partial charge on any atom is -0.465 e. The van der Waals surface area contributed by atoms with Crippen molar-refractivity contribution in [2.24, 2.45) is 0 Å². The number of carbonyl (C=O) groups is 5. The lowest BCUT2D eigenvalue weighted by Gasteiger charge is -2.21. The van der Waals surface area contributed by atoms with Crippen molar-refractivity contribution < 1.29 is 33.4 Å². The number of carbonyl (C=O) groups excluding carboxylic acids is 5. The number of methoxy groups -OCH3 is 1. The van der Waals surface area contributed by atoms with E-state index in [-0.39, 0.29) is 11.3 Å². The second-order valence-electron chi connectivity index (χ2n) is 7.00. The van der Waals surface area contributed by atoms with Crippen LogP contribution >= 0.6 is 0 Å². The van der Waals surface area contributed by atoms with Gasteiger partial charge in [-0.3, -0.25) is 19.3 Å². The summed E-state index contributed by atoms with van der Waals surface area (Å²) in [7, 11) is 1.21. The molecule has 0 spiro atoms. The highest BCUT2D eigenvalue weighted by Gasteiger charge is 2.47. The molecule has 0 radical (unpaired) electrons. The number of benzene rings is 1. The summed E-state index contributed by atoms with van der Waals surface area (Å²) < 4.78 is 9.51. The van der Waals surface area contributed by atoms with Crippen molar-refractivity contribution in [2.45, 2.75) is 38.6 Å². The number of hydrogen-bond donors (Lipinski definition) is 2. The molecule has 2 N–H and O–H groups in total. The molecule has 10 heteroatoms. The van der Waals surface area contributed by atoms with Gasteiger partial charge in [-0.05, 0) is 25.5 Å². The number of para-hydroxylation sites is 1. The van der Waals surface area contributed by atoms with Crippen LogP contribution in [0, 0.1) is 0 Å². The molecular weight excluding hydrogens is 394 g/mol. The number of amides is 4. The number of unbranched alkanes of at least 4 members (excludes halogenated alkanes) is 1. The fraction of sp³-hybridized carbons (Fsp3) is 0.450. The van der Waals surface area contributed by atoms with Crippen LogP contribution in [0.5, 0.6) is 0 Å². The van der Waals surface area contributed by atoms with E-state index >= 15 is 0 Å². The second kappa shape index (κ2) is 9.86. The summed E-state index contributed by atoms with van der Waals surface area (Å²) in [6.07, 6.45) is 2.06. The van der Waals surface area contributed by atoms with E-state index in [2.05, 4.69) is 15.4 Å². The Morgan fingerprint density at radius 2 is 1.90 bits per heavy atom. The summed E-state index contributed by atoms with van der Waals surface area (Å²) in [4.78, 5) is 61.2. The quantitative estimate of drug-likeness (QED) is 0.457. The van der Waals surface area contributed by atoms with Gasteiger partial charge in [-0.25, -0.2) is 9.59 Å². The van der Waals surface area contributed by atoms with Crippen LogP contribution < -0.4 is 10.6 Å². The van der Waals surface area contributed by atoms with Gasteiger partial charge in [0.25, 0.3) is 11.8 Å². The van der Waals surface area contributed by atoms with Gasteiger partial charge in [0.1, 0.15) is 12.1 Å². The van der Waals surface area contributed by atoms with Crippen molar-refractivity contribution in [3.05, 3.63) is 29.8 Å². The Balaban J connectivity index is 1.89. The molecule has 1 aromatic rings. The first-order chi connectivity index (χ1) is 14.2. The zero-order valence-corrected chi connectivity index (χ0v) is 17.1. The van der Waals surface area contributed by atoms with Crippen molar-refractivity contribution >= 4 is 35.5 Å². The maximum atomic E-state index is 12.5. The summed E-state index contributed by atoms with van der Waals surface area (Å²) in [6.45, 7) is 2.33. The molecule has 0 bridgehead atoms. The Labute approximate surface area is 173 Å². The van der Waals surface area contributed by atoms with Gasteiger partial charge in [0.15, 0.2) is 6.61 Å². The molecule has 30 heavy (non-hydrogen) atoms. The Morgan fingerprint density at radius 3 is 2.57 bits per heavy atom. The van der Waals surface area contributed by atoms with Crippen molar-refractivity contribution in [3.8, 4) is 0 Å². The molecule has 1 saturated heterocycles. The van der Waals surface area contributed by atoms with Crippen LogP contribution in [-0.2, 0) is 23.9 Å². The average Bonchev–Trinajstić information content (AvgIpc) is 2.94. The maximum absolute atomic E-state index is 12.5. The highest BCUT2D eigenvalue weighted by Crippen LogP contribution is 2.23. The van der Waals surface area contributed by atoms with Crippen LogP contribution in [0.4, 0.5) is 10.5 Å². The van der Waals surface area contributed by atoms with Crippen LogP contribution in [-0.4, -0.2) is 60.5 Å². The SMILES string of the molecule is CCCC[C@]1(C)NC(=O)N(CC(=O)OCC(=O)Nc2ccccc2C(=O)OC)C1=O. The zero-order chi connectivity index (χ0) is 22.3. The maximum Gasteiger partial charge on any atom is 0.339 e. The number of ether oxygens (including phenoxy) is 2. The number of anilines is 1. The highest BCUT2D eigenvalue weighted by molar-refractivity contribution is 6.08. The van der Waals surface area contributed by atoms with Crippen molar-refractivity contribution in [1.29, 1.82) is 0 Å². The molecule has 4 amide bonds. The summed E-state index contributed by atoms with van der Waals surface area (Å²) >= 11 is 0. The van der Waals surface area contributed by atoms with Crippen LogP contribution in [0.25, 0.3) is 0 Å². The first-order valence-corrected chi connectivity index (χ1v) is 9.48. The number of hydrogen-bond acceptors (Lipinski definition) is 7. The summed E-state index contributed by atoms with van der Waals surface area (Å²) in [5.74, 6) is -2.73. The Bertz CT molecular complexity index is 855. The second-order valence-corrected chi connectivity index (χ2v) is 7.00. The topological polar surface area (TPSA) is 131 Å². The normalized spacial score (nSPS) is 18.0. The molecular formula is C20H25N3O7. The van der Waals surface area contributed by atoms with Gasteiger partial charge in [0.05, 0.1) is 18.4 Å². The lowest BCUT2D eigenvalue weighted by atomic mass is 9.95. The Hall–Kier alpha value is -3.43. The molecule has 0 unspecified atom stereocenters. The third-order valence-corrected chi connectivity index (χ3v) is 4.63. The van der Waals surface area contributed by atoms with Crippen molar-refractivity contribution in [2.75, 3.05) is 25.6 Å². The predicted octanol–water partition coefficient (Wildman–Crippen LogP) is 1.46. The third-order valence-electron chi connectivity index (χ3n) is 4.63. The van der Waals surface area contributed by atoms with E-state index in [4.69, 9.17) is 4.74 Å². The molecule has 1 atom stereocenters. The summed E-state index contributed by atoms with van der Waals surface area (Å²) in [5.41, 5.74) is -0.709. The fourth-order valence-corrected chi connectivity index (χ4v) is 2.98. The van der Waals surface area contributed by atoms with Gasteiger partial charge < -0.3 is 20.1 Å². The van der Waals surface area contributed by atoms with Crippen LogP contribution in [0.3, 0.4) is 0 Å². The van der Waals surface area contributed by atoms with Crippen molar-refractivity contribution in [3.63, 3.8) is 0 Å². The zero-order valence-electron chi connectivity index (χ0n) is 17.1. The monoisotopic (exact) mass is 419 g/mol. The Kier molecular flexibility index (Phi) is 7.51. The molecule has 1 fully saturated rings. The van der Waals surface area contributed by atoms with E-state index in [1.807, 2.05) is 6.92 Å². The smallest absolute Gasteiger partial charge is 0.339 e. The van der Waals surface area contributed by atoms with Gasteiger partial charge in [-0.2, -0.15) is 0 Å². The number of nitrogens with zero attached hydrogens (tertiary/aromatic N) is 1. The number of imide groups is 1. The molecule has 162 valence electrons. The molecule has 2 rings (SSSR count). The predicted molar refractivity (Wildman–Crippen MR) is 106 cm³/mol. The summed E-state index contributed by atoms with van der Waals surface area (Å²) in [6, 6.07) is 5.51. The number of urea groups is 1. The van der Waals surface area contributed by atoms with Crippen LogP contribution in [0.1, 0.15) is 43.5 Å². The molecule has 0 saturated carbocycles. The standard InChI is InChI=1S/C20H25N3O7/c1-4-5-10-20(2)18(27)23(19(28)22-20)11-16(25)30-12-15(24)21-14-9-7-6-8-13(14)17(26)29-3/h6-9H,4-5,10-12H2,1-3H3,(H,21,24)(H,22,28)/t20-/m0/s1. The molecule has 1 aliphatic rings. The van der Waals surface area contributed by atoms with Gasteiger partial charge >= 0.3 is 18.0 Å². The minimum atomic E-state index is -1.05. The third kappa shape index (κ3) is 5.34. The lowest BCUT2D eigenvalue weighted by Crippen LogP contribution is -2.44. The minimum absolute atomic E-state index is 0.144. The summed E-state index contributed by atoms with van der Waals surface area (Å²) in [5, 5.41) is 5.05. The van der Waals surface area contributed by atoms with E-state index in [1.54, 1.807) is 19.1 Å². The molecule has 1 heterocycles. The van der Waals surface area contributed by atoms with E-state index in [0.717, 1.165) is 17.7 Å². The van der Waals surface area contributed by atoms with E-state index in [1.165, 1.54) is 19.2 Å². The van der Waals surface area contributed by atoms with E-state index in [9.17, 15) is 24.0 Å². The first kappa shape index (κ1) is 22.9. The van der Waals surface area contributed by atoms with Gasteiger partial charge in [0, 0.05) is 0 Å². The lowest BCUT2D eigenvalue weighted by molar-refractivity contribution is -0.150. The highest BCUT2D eigenvalue weighted by atomic mass is 16.5. The first-order valence-electron chi connectivity index (χ1n) is 9.48. The number of nitrogens with one attached hydrogen (secondary N) is 2. The van der Waals surface area contributed by atoms with Crippen molar-refractivity contribution in [1.82, 2.24) is 10.2 Å². The van der Waals surface area contributed by atoms with Gasteiger partial charge in [-0.15, -0.1) is 0 Å². The number of esters is 2. The molecule has 10 nitrogen and oxygen atoms in total. The fourth-order valence-electron chi connectivity index (χ4n) is 2.98. The molecule has 1 aliphatic heterocycles. The van der Waals surface area contributed by atoms with E-state index < -0.39 is 48.5 Å². The molecule has 0 aromatic heterocycles.